The zero-order chi connectivity index (χ0) is 13.0. The lowest BCUT2D eigenvalue weighted by Crippen LogP contribution is -2.29. The summed E-state index contributed by atoms with van der Waals surface area (Å²) >= 11 is 2.90. The molecule has 0 unspecified atom stereocenters. The number of nitrogens with one attached hydrogen (secondary N) is 1. The quantitative estimate of drug-likeness (QED) is 0.375. The van der Waals surface area contributed by atoms with Crippen LogP contribution in [-0.2, 0) is 12.2 Å². The summed E-state index contributed by atoms with van der Waals surface area (Å²) in [6.45, 7) is 2.01. The maximum Gasteiger partial charge on any atom is 0.300 e. The first-order valence-corrected chi connectivity index (χ1v) is 7.04. The Morgan fingerprint density at radius 2 is 2.44 bits per heavy atom. The summed E-state index contributed by atoms with van der Waals surface area (Å²) in [5, 5.41) is 0. The number of hydrazine groups is 1. The van der Waals surface area contributed by atoms with E-state index in [4.69, 9.17) is 10.3 Å². The molecule has 1 amide bonds. The molecule has 0 aliphatic heterocycles. The van der Waals surface area contributed by atoms with E-state index in [-0.39, 0.29) is 5.76 Å². The third-order valence-electron chi connectivity index (χ3n) is 2.12. The van der Waals surface area contributed by atoms with Crippen molar-refractivity contribution in [3.05, 3.63) is 29.5 Å². The summed E-state index contributed by atoms with van der Waals surface area (Å²) in [6, 6.07) is 3.34. The average molecular weight is 284 g/mol. The topological polar surface area (TPSA) is 94.0 Å². The molecule has 0 aliphatic carbocycles. The van der Waals surface area contributed by atoms with E-state index < -0.39 is 5.91 Å². The van der Waals surface area contributed by atoms with Gasteiger partial charge in [-0.15, -0.1) is 0 Å². The fourth-order valence-corrected chi connectivity index (χ4v) is 2.81. The predicted molar refractivity (Wildman–Crippen MR) is 69.2 cm³/mol. The van der Waals surface area contributed by atoms with E-state index in [0.717, 1.165) is 16.6 Å². The number of carbonyl (C=O) groups excluding carboxylic acids is 1. The van der Waals surface area contributed by atoms with E-state index in [9.17, 15) is 4.79 Å². The number of rotatable bonds is 5. The summed E-state index contributed by atoms with van der Waals surface area (Å²) < 4.78 is 10.4. The third kappa shape index (κ3) is 3.09. The number of thioether (sulfide) groups is 1. The standard InChI is InChI=1S/C10H12N4O2S2/c1-2-8-12-10(18-14-8)17-5-6-3-4-7(16-6)9(15)13-11/h3-4H,2,5,11H2,1H3,(H,13,15). The highest BCUT2D eigenvalue weighted by Gasteiger charge is 2.10. The molecule has 2 aromatic rings. The molecule has 96 valence electrons. The predicted octanol–water partition coefficient (Wildman–Crippen LogP) is 1.59. The Labute approximate surface area is 112 Å². The van der Waals surface area contributed by atoms with Crippen LogP contribution in [0.5, 0.6) is 0 Å². The maximum absolute atomic E-state index is 11.2. The van der Waals surface area contributed by atoms with Gasteiger partial charge in [-0.3, -0.25) is 10.2 Å². The Morgan fingerprint density at radius 1 is 1.61 bits per heavy atom. The number of furan rings is 1. The van der Waals surface area contributed by atoms with Crippen LogP contribution < -0.4 is 11.3 Å². The number of nitrogens with zero attached hydrogens (tertiary/aromatic N) is 2. The minimum atomic E-state index is -0.435. The molecular weight excluding hydrogens is 272 g/mol. The van der Waals surface area contributed by atoms with Gasteiger partial charge in [-0.1, -0.05) is 18.7 Å². The molecule has 8 heteroatoms. The van der Waals surface area contributed by atoms with Gasteiger partial charge in [-0.2, -0.15) is 4.37 Å². The van der Waals surface area contributed by atoms with Crippen molar-refractivity contribution in [1.29, 1.82) is 0 Å². The molecule has 3 N–H and O–H groups in total. The molecule has 2 aromatic heterocycles. The minimum absolute atomic E-state index is 0.208. The molecule has 0 bridgehead atoms. The highest BCUT2D eigenvalue weighted by Crippen LogP contribution is 2.25. The lowest BCUT2D eigenvalue weighted by atomic mass is 10.4. The second-order valence-electron chi connectivity index (χ2n) is 3.36. The van der Waals surface area contributed by atoms with Crippen molar-refractivity contribution in [3.8, 4) is 0 Å². The molecule has 6 nitrogen and oxygen atoms in total. The van der Waals surface area contributed by atoms with Gasteiger partial charge in [0.05, 0.1) is 5.75 Å². The van der Waals surface area contributed by atoms with Crippen molar-refractivity contribution in [3.63, 3.8) is 0 Å². The van der Waals surface area contributed by atoms with Gasteiger partial charge in [-0.05, 0) is 23.7 Å². The van der Waals surface area contributed by atoms with Crippen molar-refractivity contribution < 1.29 is 9.21 Å². The first kappa shape index (κ1) is 13.1. The summed E-state index contributed by atoms with van der Waals surface area (Å²) in [5.74, 6) is 6.95. The molecule has 0 atom stereocenters. The summed E-state index contributed by atoms with van der Waals surface area (Å²) in [7, 11) is 0. The summed E-state index contributed by atoms with van der Waals surface area (Å²) in [5.41, 5.74) is 2.02. The molecule has 0 aliphatic rings. The number of carbonyl (C=O) groups is 1. The van der Waals surface area contributed by atoms with Crippen LogP contribution in [0, 0.1) is 0 Å². The van der Waals surface area contributed by atoms with Crippen molar-refractivity contribution in [2.75, 3.05) is 0 Å². The van der Waals surface area contributed by atoms with E-state index in [2.05, 4.69) is 9.36 Å². The number of nitrogens with two attached hydrogens (primary N) is 1. The summed E-state index contributed by atoms with van der Waals surface area (Å²) in [4.78, 5) is 15.5. The van der Waals surface area contributed by atoms with Gasteiger partial charge in [0.15, 0.2) is 10.1 Å². The van der Waals surface area contributed by atoms with Gasteiger partial charge >= 0.3 is 5.91 Å². The summed E-state index contributed by atoms with van der Waals surface area (Å²) in [6.07, 6.45) is 0.832. The van der Waals surface area contributed by atoms with Gasteiger partial charge in [-0.25, -0.2) is 10.8 Å². The smallest absolute Gasteiger partial charge is 0.300 e. The minimum Gasteiger partial charge on any atom is -0.455 e. The Morgan fingerprint density at radius 3 is 3.11 bits per heavy atom. The number of hydrogen-bond acceptors (Lipinski definition) is 7. The highest BCUT2D eigenvalue weighted by molar-refractivity contribution is 8.00. The van der Waals surface area contributed by atoms with E-state index in [1.54, 1.807) is 12.1 Å². The molecule has 18 heavy (non-hydrogen) atoms. The van der Waals surface area contributed by atoms with Crippen molar-refractivity contribution >= 4 is 29.2 Å². The Hall–Kier alpha value is -1.38. The molecular formula is C10H12N4O2S2. The van der Waals surface area contributed by atoms with Crippen molar-refractivity contribution in [2.45, 2.75) is 23.4 Å². The van der Waals surface area contributed by atoms with Crippen LogP contribution in [-0.4, -0.2) is 15.3 Å². The van der Waals surface area contributed by atoms with E-state index in [1.165, 1.54) is 23.3 Å². The van der Waals surface area contributed by atoms with Crippen LogP contribution in [0.15, 0.2) is 20.9 Å². The zero-order valence-electron chi connectivity index (χ0n) is 9.67. The first-order chi connectivity index (χ1) is 8.72. The Bertz CT molecular complexity index is 537. The fraction of sp³-hybridized carbons (Fsp3) is 0.300. The van der Waals surface area contributed by atoms with Gasteiger partial charge in [0.1, 0.15) is 11.6 Å². The number of amides is 1. The molecule has 2 heterocycles. The van der Waals surface area contributed by atoms with Crippen LogP contribution >= 0.6 is 23.3 Å². The number of aromatic nitrogens is 2. The van der Waals surface area contributed by atoms with E-state index in [0.29, 0.717) is 11.5 Å². The largest absolute Gasteiger partial charge is 0.455 e. The van der Waals surface area contributed by atoms with Gasteiger partial charge < -0.3 is 4.42 Å². The van der Waals surface area contributed by atoms with Gasteiger partial charge in [0, 0.05) is 6.42 Å². The molecule has 0 saturated heterocycles. The van der Waals surface area contributed by atoms with Crippen LogP contribution in [0.1, 0.15) is 29.1 Å². The second kappa shape index (κ2) is 5.98. The Balaban J connectivity index is 1.93. The van der Waals surface area contributed by atoms with Crippen molar-refractivity contribution in [1.82, 2.24) is 14.8 Å². The lowest BCUT2D eigenvalue weighted by molar-refractivity contribution is 0.0924. The normalized spacial score (nSPS) is 10.6. The zero-order valence-corrected chi connectivity index (χ0v) is 11.3. The van der Waals surface area contributed by atoms with Crippen molar-refractivity contribution in [2.24, 2.45) is 5.84 Å². The number of hydrogen-bond donors (Lipinski definition) is 2. The maximum atomic E-state index is 11.2. The van der Waals surface area contributed by atoms with Gasteiger partial charge in [0.25, 0.3) is 0 Å². The highest BCUT2D eigenvalue weighted by atomic mass is 32.2. The Kier molecular flexibility index (Phi) is 4.34. The van der Waals surface area contributed by atoms with E-state index >= 15 is 0 Å². The molecule has 0 fully saturated rings. The average Bonchev–Trinajstić information content (AvgIpc) is 3.04. The van der Waals surface area contributed by atoms with E-state index in [1.807, 2.05) is 12.3 Å². The van der Waals surface area contributed by atoms with Crippen LogP contribution in [0.3, 0.4) is 0 Å². The van der Waals surface area contributed by atoms with Gasteiger partial charge in [0.2, 0.25) is 0 Å². The lowest BCUT2D eigenvalue weighted by Gasteiger charge is -1.95. The monoisotopic (exact) mass is 284 g/mol. The molecule has 0 aromatic carbocycles. The van der Waals surface area contributed by atoms with Crippen LogP contribution in [0.4, 0.5) is 0 Å². The molecule has 0 radical (unpaired) electrons. The molecule has 0 saturated carbocycles. The molecule has 2 rings (SSSR count). The number of nitrogen functional groups attached to an aromatic ring is 1. The number of aryl methyl sites for hydroxylation is 1. The van der Waals surface area contributed by atoms with Crippen LogP contribution in [0.2, 0.25) is 0 Å². The van der Waals surface area contributed by atoms with Crippen LogP contribution in [0.25, 0.3) is 0 Å². The third-order valence-corrected chi connectivity index (χ3v) is 4.01. The fourth-order valence-electron chi connectivity index (χ4n) is 1.22. The SMILES string of the molecule is CCc1nsc(SCc2ccc(C(=O)NN)o2)n1. The first-order valence-electron chi connectivity index (χ1n) is 5.28. The second-order valence-corrected chi connectivity index (χ2v) is 5.33. The molecule has 0 spiro atoms.